The number of benzene rings is 1. The van der Waals surface area contributed by atoms with Crippen LogP contribution in [-0.2, 0) is 4.74 Å². The SMILES string of the molecule is CNCC(CCOCCC(C)C)c1ccccc1Br. The molecule has 3 heteroatoms. The van der Waals surface area contributed by atoms with Crippen LogP contribution in [0.5, 0.6) is 0 Å². The van der Waals surface area contributed by atoms with E-state index in [0.29, 0.717) is 5.92 Å². The van der Waals surface area contributed by atoms with Gasteiger partial charge in [0.05, 0.1) is 0 Å². The molecule has 1 aromatic carbocycles. The molecule has 1 unspecified atom stereocenters. The molecule has 1 aromatic rings. The summed E-state index contributed by atoms with van der Waals surface area (Å²) < 4.78 is 6.93. The highest BCUT2D eigenvalue weighted by molar-refractivity contribution is 9.10. The van der Waals surface area contributed by atoms with E-state index < -0.39 is 0 Å². The fraction of sp³-hybridized carbons (Fsp3) is 0.625. The lowest BCUT2D eigenvalue weighted by Crippen LogP contribution is -2.19. The summed E-state index contributed by atoms with van der Waals surface area (Å²) in [7, 11) is 2.00. The van der Waals surface area contributed by atoms with Crippen LogP contribution in [0, 0.1) is 5.92 Å². The Morgan fingerprint density at radius 3 is 2.47 bits per heavy atom. The van der Waals surface area contributed by atoms with Gasteiger partial charge in [0.25, 0.3) is 0 Å². The average Bonchev–Trinajstić information content (AvgIpc) is 2.37. The van der Waals surface area contributed by atoms with Crippen LogP contribution in [0.4, 0.5) is 0 Å². The number of nitrogens with one attached hydrogen (secondary N) is 1. The highest BCUT2D eigenvalue weighted by atomic mass is 79.9. The minimum atomic E-state index is 0.500. The summed E-state index contributed by atoms with van der Waals surface area (Å²) in [6.45, 7) is 7.15. The number of ether oxygens (including phenoxy) is 1. The van der Waals surface area contributed by atoms with E-state index in [1.807, 2.05) is 7.05 Å². The number of rotatable bonds is 9. The zero-order chi connectivity index (χ0) is 14.1. The molecule has 0 fully saturated rings. The van der Waals surface area contributed by atoms with Gasteiger partial charge in [-0.05, 0) is 43.4 Å². The molecule has 108 valence electrons. The van der Waals surface area contributed by atoms with Crippen molar-refractivity contribution in [3.05, 3.63) is 34.3 Å². The van der Waals surface area contributed by atoms with Gasteiger partial charge in [-0.15, -0.1) is 0 Å². The Kier molecular flexibility index (Phi) is 8.35. The number of hydrogen-bond acceptors (Lipinski definition) is 2. The number of hydrogen-bond donors (Lipinski definition) is 1. The van der Waals surface area contributed by atoms with Crippen LogP contribution < -0.4 is 5.32 Å². The Balaban J connectivity index is 2.43. The lowest BCUT2D eigenvalue weighted by atomic mass is 9.96. The topological polar surface area (TPSA) is 21.3 Å². The largest absolute Gasteiger partial charge is 0.381 e. The molecule has 0 aliphatic carbocycles. The molecule has 1 rings (SSSR count). The molecule has 0 bridgehead atoms. The molecule has 0 heterocycles. The van der Waals surface area contributed by atoms with Gasteiger partial charge in [-0.1, -0.05) is 48.0 Å². The lowest BCUT2D eigenvalue weighted by Gasteiger charge is -2.18. The third-order valence-corrected chi connectivity index (χ3v) is 3.97. The zero-order valence-electron chi connectivity index (χ0n) is 12.3. The van der Waals surface area contributed by atoms with E-state index in [4.69, 9.17) is 4.74 Å². The van der Waals surface area contributed by atoms with Gasteiger partial charge in [-0.25, -0.2) is 0 Å². The van der Waals surface area contributed by atoms with E-state index in [-0.39, 0.29) is 0 Å². The van der Waals surface area contributed by atoms with Crippen molar-refractivity contribution in [2.45, 2.75) is 32.6 Å². The molecule has 0 saturated carbocycles. The summed E-state index contributed by atoms with van der Waals surface area (Å²) in [6, 6.07) is 8.46. The minimum Gasteiger partial charge on any atom is -0.381 e. The Morgan fingerprint density at radius 2 is 1.84 bits per heavy atom. The molecule has 0 saturated heterocycles. The van der Waals surface area contributed by atoms with E-state index in [9.17, 15) is 0 Å². The molecule has 1 N–H and O–H groups in total. The Labute approximate surface area is 126 Å². The van der Waals surface area contributed by atoms with Crippen LogP contribution in [0.15, 0.2) is 28.7 Å². The van der Waals surface area contributed by atoms with Crippen LogP contribution in [0.1, 0.15) is 38.2 Å². The Hall–Kier alpha value is -0.380. The summed E-state index contributed by atoms with van der Waals surface area (Å²) >= 11 is 3.64. The lowest BCUT2D eigenvalue weighted by molar-refractivity contribution is 0.117. The maximum atomic E-state index is 5.74. The molecule has 0 aliphatic rings. The standard InChI is InChI=1S/C16H26BrNO/c1-13(2)8-10-19-11-9-14(12-18-3)15-6-4-5-7-16(15)17/h4-7,13-14,18H,8-12H2,1-3H3. The molecule has 0 radical (unpaired) electrons. The molecular weight excluding hydrogens is 302 g/mol. The Bertz CT molecular complexity index is 354. The Morgan fingerprint density at radius 1 is 1.16 bits per heavy atom. The third kappa shape index (κ3) is 6.55. The fourth-order valence-corrected chi connectivity index (χ4v) is 2.68. The van der Waals surface area contributed by atoms with Crippen molar-refractivity contribution < 1.29 is 4.74 Å². The number of halogens is 1. The fourth-order valence-electron chi connectivity index (χ4n) is 2.07. The van der Waals surface area contributed by atoms with Crippen molar-refractivity contribution in [3.8, 4) is 0 Å². The first-order valence-corrected chi connectivity index (χ1v) is 7.91. The molecule has 1 atom stereocenters. The molecule has 0 amide bonds. The first-order chi connectivity index (χ1) is 9.15. The van der Waals surface area contributed by atoms with Gasteiger partial charge in [0.1, 0.15) is 0 Å². The molecule has 0 aliphatic heterocycles. The second kappa shape index (κ2) is 9.51. The summed E-state index contributed by atoms with van der Waals surface area (Å²) in [4.78, 5) is 0. The van der Waals surface area contributed by atoms with Crippen molar-refractivity contribution >= 4 is 15.9 Å². The first kappa shape index (κ1) is 16.7. The van der Waals surface area contributed by atoms with Crippen LogP contribution in [0.25, 0.3) is 0 Å². The van der Waals surface area contributed by atoms with Crippen molar-refractivity contribution in [1.29, 1.82) is 0 Å². The van der Waals surface area contributed by atoms with Crippen LogP contribution in [0.3, 0.4) is 0 Å². The van der Waals surface area contributed by atoms with Gasteiger partial charge in [-0.2, -0.15) is 0 Å². The van der Waals surface area contributed by atoms with Gasteiger partial charge in [0, 0.05) is 24.2 Å². The van der Waals surface area contributed by atoms with E-state index >= 15 is 0 Å². The third-order valence-electron chi connectivity index (χ3n) is 3.25. The quantitative estimate of drug-likeness (QED) is 0.686. The first-order valence-electron chi connectivity index (χ1n) is 7.12. The smallest absolute Gasteiger partial charge is 0.0472 e. The molecule has 2 nitrogen and oxygen atoms in total. The molecular formula is C16H26BrNO. The maximum absolute atomic E-state index is 5.74. The van der Waals surface area contributed by atoms with Crippen molar-refractivity contribution in [2.24, 2.45) is 5.92 Å². The predicted octanol–water partition coefficient (Wildman–Crippen LogP) is 4.20. The van der Waals surface area contributed by atoms with Gasteiger partial charge < -0.3 is 10.1 Å². The van der Waals surface area contributed by atoms with E-state index in [1.165, 1.54) is 10.0 Å². The highest BCUT2D eigenvalue weighted by Crippen LogP contribution is 2.26. The predicted molar refractivity (Wildman–Crippen MR) is 85.7 cm³/mol. The van der Waals surface area contributed by atoms with Gasteiger partial charge in [0.2, 0.25) is 0 Å². The van der Waals surface area contributed by atoms with E-state index in [0.717, 1.165) is 38.5 Å². The zero-order valence-corrected chi connectivity index (χ0v) is 13.9. The van der Waals surface area contributed by atoms with Crippen LogP contribution >= 0.6 is 15.9 Å². The molecule has 19 heavy (non-hydrogen) atoms. The maximum Gasteiger partial charge on any atom is 0.0472 e. The normalized spacial score (nSPS) is 12.9. The van der Waals surface area contributed by atoms with Crippen LogP contribution in [0.2, 0.25) is 0 Å². The molecule has 0 spiro atoms. The van der Waals surface area contributed by atoms with Gasteiger partial charge in [0.15, 0.2) is 0 Å². The summed E-state index contributed by atoms with van der Waals surface area (Å²) in [5.41, 5.74) is 1.37. The summed E-state index contributed by atoms with van der Waals surface area (Å²) in [5, 5.41) is 3.28. The monoisotopic (exact) mass is 327 g/mol. The second-order valence-electron chi connectivity index (χ2n) is 5.36. The van der Waals surface area contributed by atoms with Gasteiger partial charge in [-0.3, -0.25) is 0 Å². The highest BCUT2D eigenvalue weighted by Gasteiger charge is 2.13. The number of likely N-dealkylation sites (N-methyl/N-ethyl adjacent to an activating group) is 1. The second-order valence-corrected chi connectivity index (χ2v) is 6.21. The van der Waals surface area contributed by atoms with Crippen molar-refractivity contribution in [2.75, 3.05) is 26.8 Å². The summed E-state index contributed by atoms with van der Waals surface area (Å²) in [6.07, 6.45) is 2.20. The summed E-state index contributed by atoms with van der Waals surface area (Å²) in [5.74, 6) is 1.22. The molecule has 0 aromatic heterocycles. The van der Waals surface area contributed by atoms with Crippen LogP contribution in [-0.4, -0.2) is 26.8 Å². The van der Waals surface area contributed by atoms with Gasteiger partial charge >= 0.3 is 0 Å². The average molecular weight is 328 g/mol. The van der Waals surface area contributed by atoms with E-state index in [2.05, 4.69) is 59.4 Å². The minimum absolute atomic E-state index is 0.500. The van der Waals surface area contributed by atoms with Crippen molar-refractivity contribution in [1.82, 2.24) is 5.32 Å². The van der Waals surface area contributed by atoms with Crippen molar-refractivity contribution in [3.63, 3.8) is 0 Å². The van der Waals surface area contributed by atoms with E-state index in [1.54, 1.807) is 0 Å².